The van der Waals surface area contributed by atoms with Gasteiger partial charge in [-0.05, 0) is 111 Å². The molecule has 0 saturated carbocycles. The van der Waals surface area contributed by atoms with Crippen molar-refractivity contribution >= 4 is 29.0 Å². The van der Waals surface area contributed by atoms with Gasteiger partial charge in [0.15, 0.2) is 5.82 Å². The van der Waals surface area contributed by atoms with Crippen LogP contribution in [0.25, 0.3) is 21.9 Å². The summed E-state index contributed by atoms with van der Waals surface area (Å²) in [6.07, 6.45) is 5.74. The number of aryl methyl sites for hydroxylation is 1. The van der Waals surface area contributed by atoms with Crippen molar-refractivity contribution in [2.75, 3.05) is 33.2 Å². The molecule has 8 heteroatoms. The molecule has 4 aromatic rings. The van der Waals surface area contributed by atoms with Crippen LogP contribution < -0.4 is 5.32 Å². The highest BCUT2D eigenvalue weighted by Crippen LogP contribution is 2.41. The molecule has 6 nitrogen and oxygen atoms in total. The molecule has 48 heavy (non-hydrogen) atoms. The minimum absolute atomic E-state index is 0.0293. The Morgan fingerprint density at radius 3 is 2.58 bits per heavy atom. The summed E-state index contributed by atoms with van der Waals surface area (Å²) in [5, 5.41) is 15.4. The van der Waals surface area contributed by atoms with E-state index in [9.17, 15) is 9.65 Å². The fraction of sp³-hybridized carbons (Fsp3) is 0.375. The molecule has 4 fully saturated rings. The second-order valence-electron chi connectivity index (χ2n) is 13.7. The van der Waals surface area contributed by atoms with Gasteiger partial charge in [0.25, 0.3) is 0 Å². The van der Waals surface area contributed by atoms with E-state index in [0.717, 1.165) is 66.6 Å². The van der Waals surface area contributed by atoms with Crippen molar-refractivity contribution in [1.29, 1.82) is 5.26 Å². The molecule has 4 aliphatic heterocycles. The van der Waals surface area contributed by atoms with E-state index in [2.05, 4.69) is 39.9 Å². The number of hydrogen-bond donors (Lipinski definition) is 1. The summed E-state index contributed by atoms with van der Waals surface area (Å²) in [6.45, 7) is 9.17. The van der Waals surface area contributed by atoms with Gasteiger partial charge < -0.3 is 15.1 Å². The first-order chi connectivity index (χ1) is 23.3. The molecule has 0 aliphatic carbocycles. The molecule has 3 unspecified atom stereocenters. The second-order valence-corrected chi connectivity index (χ2v) is 13.7. The molecule has 0 radical (unpaired) electrons. The molecule has 4 saturated heterocycles. The molecular formula is C40H42F2N6. The molecule has 4 heterocycles. The van der Waals surface area contributed by atoms with Crippen molar-refractivity contribution in [2.24, 2.45) is 9.98 Å². The Bertz CT molecular complexity index is 1930. The van der Waals surface area contributed by atoms with E-state index in [4.69, 9.17) is 4.99 Å². The minimum Gasteiger partial charge on any atom is -0.353 e. The number of hydrogen-bond acceptors (Lipinski definition) is 5. The van der Waals surface area contributed by atoms with Crippen LogP contribution in [0.2, 0.25) is 0 Å². The van der Waals surface area contributed by atoms with Crippen molar-refractivity contribution in [3.8, 4) is 17.2 Å². The van der Waals surface area contributed by atoms with Gasteiger partial charge in [-0.1, -0.05) is 48.5 Å². The maximum atomic E-state index is 17.4. The van der Waals surface area contributed by atoms with Gasteiger partial charge in [0.2, 0.25) is 0 Å². The average molecular weight is 645 g/mol. The van der Waals surface area contributed by atoms with E-state index < -0.39 is 11.6 Å². The number of piperazine rings is 1. The summed E-state index contributed by atoms with van der Waals surface area (Å²) in [6, 6.07) is 22.0. The highest BCUT2D eigenvalue weighted by atomic mass is 19.1. The molecule has 0 spiro atoms. The van der Waals surface area contributed by atoms with Crippen LogP contribution in [-0.2, 0) is 6.42 Å². The quantitative estimate of drug-likeness (QED) is 0.116. The minimum atomic E-state index is -0.585. The molecule has 246 valence electrons. The van der Waals surface area contributed by atoms with Gasteiger partial charge in [0, 0.05) is 48.9 Å². The van der Waals surface area contributed by atoms with Crippen LogP contribution in [0.5, 0.6) is 0 Å². The number of nitrogens with one attached hydrogen (secondary N) is 1. The van der Waals surface area contributed by atoms with Gasteiger partial charge in [-0.3, -0.25) is 9.98 Å². The molecule has 4 aliphatic rings. The van der Waals surface area contributed by atoms with Crippen LogP contribution in [0.1, 0.15) is 59.9 Å². The topological polar surface area (TPSA) is 67.0 Å². The van der Waals surface area contributed by atoms with Gasteiger partial charge in [-0.15, -0.1) is 0 Å². The lowest BCUT2D eigenvalue weighted by atomic mass is 9.86. The lowest BCUT2D eigenvalue weighted by Gasteiger charge is -2.49. The van der Waals surface area contributed by atoms with Gasteiger partial charge in [0.05, 0.1) is 5.56 Å². The van der Waals surface area contributed by atoms with Crippen LogP contribution >= 0.6 is 0 Å². The largest absolute Gasteiger partial charge is 0.353 e. The van der Waals surface area contributed by atoms with Crippen molar-refractivity contribution in [3.63, 3.8) is 0 Å². The normalized spacial score (nSPS) is 20.9. The van der Waals surface area contributed by atoms with Gasteiger partial charge in [-0.25, -0.2) is 8.78 Å². The average Bonchev–Trinajstić information content (AvgIpc) is 3.48. The van der Waals surface area contributed by atoms with Crippen molar-refractivity contribution in [1.82, 2.24) is 15.1 Å². The zero-order valence-corrected chi connectivity index (χ0v) is 27.8. The van der Waals surface area contributed by atoms with Gasteiger partial charge in [-0.2, -0.15) is 5.26 Å². The van der Waals surface area contributed by atoms with Crippen molar-refractivity contribution < 1.29 is 8.78 Å². The van der Waals surface area contributed by atoms with Crippen molar-refractivity contribution in [3.05, 3.63) is 100 Å². The number of nitrogens with zero attached hydrogens (tertiary/aromatic N) is 5. The first kappa shape index (κ1) is 32.1. The predicted molar refractivity (Wildman–Crippen MR) is 190 cm³/mol. The summed E-state index contributed by atoms with van der Waals surface area (Å²) in [5.74, 6) is -0.338. The van der Waals surface area contributed by atoms with Crippen LogP contribution in [0.4, 0.5) is 14.5 Å². The Labute approximate surface area is 281 Å². The van der Waals surface area contributed by atoms with E-state index >= 15 is 4.39 Å². The summed E-state index contributed by atoms with van der Waals surface area (Å²) >= 11 is 0. The fourth-order valence-electron chi connectivity index (χ4n) is 8.06. The highest BCUT2D eigenvalue weighted by Gasteiger charge is 2.39. The molecule has 0 amide bonds. The third kappa shape index (κ3) is 6.13. The number of rotatable bonds is 9. The van der Waals surface area contributed by atoms with E-state index in [1.165, 1.54) is 18.9 Å². The van der Waals surface area contributed by atoms with Crippen LogP contribution in [-0.4, -0.2) is 73.7 Å². The molecule has 8 rings (SSSR count). The van der Waals surface area contributed by atoms with E-state index in [0.29, 0.717) is 46.9 Å². The maximum absolute atomic E-state index is 17.4. The van der Waals surface area contributed by atoms with Gasteiger partial charge >= 0.3 is 0 Å². The summed E-state index contributed by atoms with van der Waals surface area (Å²) < 4.78 is 32.3. The fourth-order valence-corrected chi connectivity index (χ4v) is 8.06. The number of amidine groups is 1. The summed E-state index contributed by atoms with van der Waals surface area (Å²) in [4.78, 5) is 14.2. The van der Waals surface area contributed by atoms with Crippen LogP contribution in [0.15, 0.2) is 70.6 Å². The van der Waals surface area contributed by atoms with E-state index in [1.807, 2.05) is 49.4 Å². The molecule has 3 atom stereocenters. The number of nitriles is 1. The number of fused-ring (bicyclic) bond motifs is 3. The van der Waals surface area contributed by atoms with Crippen LogP contribution in [0, 0.1) is 29.9 Å². The number of aliphatic imine (C=N–C) groups is 2. The number of piperidine rings is 1. The van der Waals surface area contributed by atoms with Crippen molar-refractivity contribution in [2.45, 2.75) is 63.6 Å². The lowest BCUT2D eigenvalue weighted by molar-refractivity contribution is 0.128. The number of benzene rings is 4. The Balaban J connectivity index is 1.39. The molecule has 0 aromatic heterocycles. The zero-order valence-electron chi connectivity index (χ0n) is 27.8. The third-order valence-corrected chi connectivity index (χ3v) is 10.4. The Hall–Kier alpha value is -4.45. The standard InChI is InChI=1S/C40H42F2N6/c1-25-17-26-9-4-5-13-32(26)33(18-25)37-28(19-27-10-6-14-36(41)35(27)22-43)20-34(39(44-2)38(37)42)40(48-23-29-21-30(24-48)46-29)45-15-7-11-31-12-8-16-47(31)3/h4-6,9-10,13-14,17-18,20,29-31,46H,2,7-8,11-12,15-16,19,21,23-24H2,1,3H3. The Morgan fingerprint density at radius 1 is 1.06 bits per heavy atom. The summed E-state index contributed by atoms with van der Waals surface area (Å²) in [5.41, 5.74) is 3.99. The first-order valence-electron chi connectivity index (χ1n) is 17.1. The SMILES string of the molecule is C=Nc1c(C(=NCCCC2CCCN2C)N2CC3CC(C2)N3)cc(Cc2cccc(F)c2C#N)c(-c2cc(C)cc3ccccc23)c1F. The monoisotopic (exact) mass is 644 g/mol. The molecule has 2 bridgehead atoms. The third-order valence-electron chi connectivity index (χ3n) is 10.4. The highest BCUT2D eigenvalue weighted by molar-refractivity contribution is 6.06. The first-order valence-corrected chi connectivity index (χ1v) is 17.1. The zero-order chi connectivity index (χ0) is 33.4. The maximum Gasteiger partial charge on any atom is 0.157 e. The Kier molecular flexibility index (Phi) is 9.09. The molecular weight excluding hydrogens is 602 g/mol. The summed E-state index contributed by atoms with van der Waals surface area (Å²) in [7, 11) is 2.20. The van der Waals surface area contributed by atoms with Crippen LogP contribution in [0.3, 0.4) is 0 Å². The Morgan fingerprint density at radius 2 is 1.85 bits per heavy atom. The second kappa shape index (κ2) is 13.6. The van der Waals surface area contributed by atoms with E-state index in [1.54, 1.807) is 12.1 Å². The lowest BCUT2D eigenvalue weighted by Crippen LogP contribution is -2.67. The molecule has 4 aromatic carbocycles. The smallest absolute Gasteiger partial charge is 0.157 e. The van der Waals surface area contributed by atoms with E-state index in [-0.39, 0.29) is 17.7 Å². The predicted octanol–water partition coefficient (Wildman–Crippen LogP) is 7.56. The van der Waals surface area contributed by atoms with Gasteiger partial charge in [0.1, 0.15) is 23.4 Å². The molecule has 1 N–H and O–H groups in total. The number of likely N-dealkylation sites (tertiary alicyclic amines) is 1. The number of halogens is 2.